The van der Waals surface area contributed by atoms with Crippen molar-refractivity contribution in [2.75, 3.05) is 13.2 Å². The summed E-state index contributed by atoms with van der Waals surface area (Å²) in [6, 6.07) is 9.91. The number of aliphatic hydroxyl groups excluding tert-OH is 1. The summed E-state index contributed by atoms with van der Waals surface area (Å²) < 4.78 is 11.1. The predicted molar refractivity (Wildman–Crippen MR) is 93.9 cm³/mol. The average Bonchev–Trinajstić information content (AvgIpc) is 2.57. The second-order valence-corrected chi connectivity index (χ2v) is 5.59. The van der Waals surface area contributed by atoms with Crippen molar-refractivity contribution in [2.45, 2.75) is 45.5 Å². The van der Waals surface area contributed by atoms with Crippen molar-refractivity contribution in [2.24, 2.45) is 5.92 Å². The van der Waals surface area contributed by atoms with Crippen LogP contribution >= 0.6 is 0 Å². The van der Waals surface area contributed by atoms with Crippen molar-refractivity contribution < 1.29 is 14.6 Å². The predicted octanol–water partition coefficient (Wildman–Crippen LogP) is 3.57. The van der Waals surface area contributed by atoms with Crippen LogP contribution in [0.15, 0.2) is 43.0 Å². The summed E-state index contributed by atoms with van der Waals surface area (Å²) in [5, 5.41) is 10.1. The first-order valence-corrected chi connectivity index (χ1v) is 8.16. The van der Waals surface area contributed by atoms with Gasteiger partial charge in [0.25, 0.3) is 0 Å². The summed E-state index contributed by atoms with van der Waals surface area (Å²) >= 11 is 0. The van der Waals surface area contributed by atoms with Crippen molar-refractivity contribution in [3.8, 4) is 11.8 Å². The van der Waals surface area contributed by atoms with E-state index in [1.165, 1.54) is 0 Å². The third-order valence-corrected chi connectivity index (χ3v) is 3.41. The molecule has 126 valence electrons. The molecule has 0 aromatic heterocycles. The second kappa shape index (κ2) is 11.9. The molecule has 23 heavy (non-hydrogen) atoms. The third-order valence-electron chi connectivity index (χ3n) is 3.41. The molecule has 0 bridgehead atoms. The Morgan fingerprint density at radius 2 is 1.96 bits per heavy atom. The van der Waals surface area contributed by atoms with E-state index < -0.39 is 6.10 Å². The zero-order valence-corrected chi connectivity index (χ0v) is 14.2. The third kappa shape index (κ3) is 9.20. The molecule has 3 heteroatoms. The topological polar surface area (TPSA) is 38.7 Å². The molecule has 3 nitrogen and oxygen atoms in total. The van der Waals surface area contributed by atoms with Gasteiger partial charge in [0.1, 0.15) is 6.10 Å². The fraction of sp³-hybridized carbons (Fsp3) is 0.500. The van der Waals surface area contributed by atoms with E-state index in [-0.39, 0.29) is 18.6 Å². The van der Waals surface area contributed by atoms with Gasteiger partial charge in [-0.1, -0.05) is 48.2 Å². The minimum Gasteiger partial charge on any atom is -0.389 e. The second-order valence-electron chi connectivity index (χ2n) is 5.59. The normalized spacial score (nSPS) is 14.4. The largest absolute Gasteiger partial charge is 0.389 e. The van der Waals surface area contributed by atoms with Crippen LogP contribution in [0.1, 0.15) is 32.3 Å². The van der Waals surface area contributed by atoms with Gasteiger partial charge in [0.15, 0.2) is 0 Å². The molecule has 1 N–H and O–H groups in total. The molecule has 0 heterocycles. The van der Waals surface area contributed by atoms with Gasteiger partial charge < -0.3 is 14.6 Å². The fourth-order valence-electron chi connectivity index (χ4n) is 1.89. The molecule has 0 fully saturated rings. The summed E-state index contributed by atoms with van der Waals surface area (Å²) in [7, 11) is 0. The molecule has 0 aliphatic carbocycles. The highest BCUT2D eigenvalue weighted by Gasteiger charge is 2.12. The van der Waals surface area contributed by atoms with Crippen LogP contribution < -0.4 is 0 Å². The minimum atomic E-state index is -0.598. The molecule has 1 aromatic rings. The lowest BCUT2D eigenvalue weighted by Gasteiger charge is -2.14. The summed E-state index contributed by atoms with van der Waals surface area (Å²) in [5.74, 6) is 5.93. The molecule has 0 saturated carbocycles. The Kier molecular flexibility index (Phi) is 10.1. The van der Waals surface area contributed by atoms with E-state index >= 15 is 0 Å². The first kappa shape index (κ1) is 19.4. The van der Waals surface area contributed by atoms with Gasteiger partial charge in [-0.15, -0.1) is 6.58 Å². The smallest absolute Gasteiger partial charge is 0.115 e. The zero-order valence-electron chi connectivity index (χ0n) is 14.2. The van der Waals surface area contributed by atoms with Gasteiger partial charge in [0.05, 0.1) is 19.3 Å². The van der Waals surface area contributed by atoms with Gasteiger partial charge in [-0.3, -0.25) is 0 Å². The summed E-state index contributed by atoms with van der Waals surface area (Å²) in [6.45, 7) is 8.95. The Hall–Kier alpha value is -1.60. The number of aliphatic hydroxyl groups is 1. The first-order valence-electron chi connectivity index (χ1n) is 8.16. The van der Waals surface area contributed by atoms with Gasteiger partial charge in [0, 0.05) is 12.5 Å². The molecule has 1 unspecified atom stereocenters. The SMILES string of the molecule is C=CCCCOC(C)C#C[C@H](C)[C@@H](O)COCc1ccccc1. The number of allylic oxidation sites excluding steroid dienone is 1. The lowest BCUT2D eigenvalue weighted by atomic mass is 10.1. The average molecular weight is 316 g/mol. The maximum Gasteiger partial charge on any atom is 0.115 e. The van der Waals surface area contributed by atoms with Crippen molar-refractivity contribution >= 4 is 0 Å². The molecule has 0 saturated heterocycles. The Morgan fingerprint density at radius 1 is 1.22 bits per heavy atom. The molecular weight excluding hydrogens is 288 g/mol. The van der Waals surface area contributed by atoms with Gasteiger partial charge >= 0.3 is 0 Å². The number of hydrogen-bond acceptors (Lipinski definition) is 3. The zero-order chi connectivity index (χ0) is 16.9. The van der Waals surface area contributed by atoms with Gasteiger partial charge in [-0.2, -0.15) is 0 Å². The van der Waals surface area contributed by atoms with Gasteiger partial charge in [-0.25, -0.2) is 0 Å². The summed E-state index contributed by atoms with van der Waals surface area (Å²) in [6.07, 6.45) is 3.07. The molecule has 0 aliphatic rings. The summed E-state index contributed by atoms with van der Waals surface area (Å²) in [4.78, 5) is 0. The highest BCUT2D eigenvalue weighted by Crippen LogP contribution is 2.06. The van der Waals surface area contributed by atoms with Crippen molar-refractivity contribution in [3.63, 3.8) is 0 Å². The number of ether oxygens (including phenoxy) is 2. The minimum absolute atomic E-state index is 0.125. The van der Waals surface area contributed by atoms with E-state index in [9.17, 15) is 5.11 Å². The first-order chi connectivity index (χ1) is 11.1. The fourth-order valence-corrected chi connectivity index (χ4v) is 1.89. The highest BCUT2D eigenvalue weighted by molar-refractivity contribution is 5.13. The molecule has 1 rings (SSSR count). The maximum absolute atomic E-state index is 10.1. The van der Waals surface area contributed by atoms with Crippen LogP contribution in [-0.2, 0) is 16.1 Å². The molecule has 0 amide bonds. The van der Waals surface area contributed by atoms with E-state index in [4.69, 9.17) is 9.47 Å². The van der Waals surface area contributed by atoms with Crippen LogP contribution in [0.25, 0.3) is 0 Å². The van der Waals surface area contributed by atoms with Crippen LogP contribution in [0, 0.1) is 17.8 Å². The number of unbranched alkanes of at least 4 members (excludes halogenated alkanes) is 1. The molecule has 0 spiro atoms. The van der Waals surface area contributed by atoms with E-state index in [0.717, 1.165) is 18.4 Å². The Bertz CT molecular complexity index is 487. The Morgan fingerprint density at radius 3 is 2.65 bits per heavy atom. The standard InChI is InChI=1S/C20H28O3/c1-4-5-9-14-23-18(3)13-12-17(2)20(21)16-22-15-19-10-7-6-8-11-19/h4,6-8,10-11,17-18,20-21H,1,5,9,14-16H2,2-3H3/t17-,18?,20-/m0/s1. The highest BCUT2D eigenvalue weighted by atomic mass is 16.5. The molecule has 3 atom stereocenters. The van der Waals surface area contributed by atoms with E-state index in [0.29, 0.717) is 13.2 Å². The maximum atomic E-state index is 10.1. The lowest BCUT2D eigenvalue weighted by Crippen LogP contribution is -2.23. The Balaban J connectivity index is 2.23. The van der Waals surface area contributed by atoms with Crippen molar-refractivity contribution in [1.29, 1.82) is 0 Å². The molecule has 0 radical (unpaired) electrons. The summed E-state index contributed by atoms with van der Waals surface area (Å²) in [5.41, 5.74) is 1.10. The van der Waals surface area contributed by atoms with E-state index in [1.54, 1.807) is 0 Å². The molecular formula is C20H28O3. The number of rotatable bonds is 10. The quantitative estimate of drug-likeness (QED) is 0.407. The molecule has 0 aliphatic heterocycles. The number of benzene rings is 1. The van der Waals surface area contributed by atoms with E-state index in [2.05, 4.69) is 18.4 Å². The van der Waals surface area contributed by atoms with E-state index in [1.807, 2.05) is 50.3 Å². The van der Waals surface area contributed by atoms with Crippen LogP contribution in [0.2, 0.25) is 0 Å². The monoisotopic (exact) mass is 316 g/mol. The van der Waals surface area contributed by atoms with Crippen LogP contribution in [0.3, 0.4) is 0 Å². The van der Waals surface area contributed by atoms with Crippen molar-refractivity contribution in [3.05, 3.63) is 48.6 Å². The van der Waals surface area contributed by atoms with Crippen molar-refractivity contribution in [1.82, 2.24) is 0 Å². The van der Waals surface area contributed by atoms with Gasteiger partial charge in [0.2, 0.25) is 0 Å². The lowest BCUT2D eigenvalue weighted by molar-refractivity contribution is 0.0133. The van der Waals surface area contributed by atoms with Crippen LogP contribution in [0.5, 0.6) is 0 Å². The Labute approximate surface area is 140 Å². The number of hydrogen-bond donors (Lipinski definition) is 1. The van der Waals surface area contributed by atoms with Crippen LogP contribution in [0.4, 0.5) is 0 Å². The van der Waals surface area contributed by atoms with Crippen LogP contribution in [-0.4, -0.2) is 30.5 Å². The molecule has 1 aromatic carbocycles. The van der Waals surface area contributed by atoms with Gasteiger partial charge in [-0.05, 0) is 32.3 Å².